The zero-order chi connectivity index (χ0) is 35.7. The molecule has 6 aromatic carbocycles. The number of fused-ring (bicyclic) bond motifs is 2. The topological polar surface area (TPSA) is 104 Å². The van der Waals surface area contributed by atoms with Gasteiger partial charge in [0.1, 0.15) is 11.5 Å². The molecule has 0 heterocycles. The zero-order valence-corrected chi connectivity index (χ0v) is 29.0. The van der Waals surface area contributed by atoms with Crippen molar-refractivity contribution < 1.29 is 33.3 Å². The third-order valence-electron chi connectivity index (χ3n) is 8.40. The number of hydrogen-bond acceptors (Lipinski definition) is 7. The van der Waals surface area contributed by atoms with Crippen LogP contribution < -0.4 is 15.4 Å². The molecule has 0 saturated heterocycles. The van der Waals surface area contributed by atoms with Crippen LogP contribution in [0.2, 0.25) is 0 Å². The van der Waals surface area contributed by atoms with Crippen LogP contribution in [-0.4, -0.2) is 39.2 Å². The molecular weight excluding hydrogens is 644 g/mol. The van der Waals surface area contributed by atoms with E-state index in [1.54, 1.807) is 38.5 Å². The summed E-state index contributed by atoms with van der Waals surface area (Å²) in [6.07, 6.45) is -1.62. The Bertz CT molecular complexity index is 1980. The Morgan fingerprint density at radius 3 is 1.31 bits per heavy atom. The molecule has 2 atom stereocenters. The van der Waals surface area contributed by atoms with Gasteiger partial charge < -0.3 is 34.3 Å². The van der Waals surface area contributed by atoms with Crippen LogP contribution in [0.4, 0.5) is 11.4 Å². The summed E-state index contributed by atoms with van der Waals surface area (Å²) in [5.74, 6) is 0.224. The molecule has 2 amide bonds. The normalized spacial score (nSPS) is 12.4. The number of benzene rings is 6. The van der Waals surface area contributed by atoms with Gasteiger partial charge in [-0.2, -0.15) is 0 Å². The van der Waals surface area contributed by atoms with Crippen molar-refractivity contribution in [3.63, 3.8) is 0 Å². The third kappa shape index (κ3) is 7.62. The molecule has 0 aliphatic carbocycles. The van der Waals surface area contributed by atoms with E-state index in [1.807, 2.05) is 111 Å². The maximum absolute atomic E-state index is 13.5. The highest BCUT2D eigenvalue weighted by atomic mass is 16.7. The van der Waals surface area contributed by atoms with Gasteiger partial charge in [0.05, 0.1) is 22.5 Å². The number of rotatable bonds is 14. The van der Waals surface area contributed by atoms with Crippen molar-refractivity contribution in [1.29, 1.82) is 0 Å². The number of methoxy groups -OCH3 is 2. The molecule has 0 saturated carbocycles. The Morgan fingerprint density at radius 2 is 0.941 bits per heavy atom. The summed E-state index contributed by atoms with van der Waals surface area (Å²) in [6, 6.07) is 37.0. The Balaban J connectivity index is 1.61. The van der Waals surface area contributed by atoms with E-state index < -0.39 is 12.6 Å². The fourth-order valence-corrected chi connectivity index (χ4v) is 6.07. The van der Waals surface area contributed by atoms with E-state index in [9.17, 15) is 9.59 Å². The molecule has 6 aromatic rings. The molecule has 2 unspecified atom stereocenters. The first-order valence-corrected chi connectivity index (χ1v) is 16.8. The first-order chi connectivity index (χ1) is 25.0. The van der Waals surface area contributed by atoms with Crippen LogP contribution in [0.5, 0.6) is 11.5 Å². The number of anilines is 2. The first-order valence-electron chi connectivity index (χ1n) is 16.8. The van der Waals surface area contributed by atoms with Crippen LogP contribution >= 0.6 is 0 Å². The van der Waals surface area contributed by atoms with Gasteiger partial charge in [0.25, 0.3) is 11.8 Å². The van der Waals surface area contributed by atoms with Crippen LogP contribution in [0, 0.1) is 0 Å². The van der Waals surface area contributed by atoms with Crippen molar-refractivity contribution in [2.24, 2.45) is 0 Å². The largest absolute Gasteiger partial charge is 0.455 e. The zero-order valence-electron chi connectivity index (χ0n) is 29.0. The van der Waals surface area contributed by atoms with Crippen molar-refractivity contribution in [1.82, 2.24) is 0 Å². The van der Waals surface area contributed by atoms with Crippen molar-refractivity contribution in [3.05, 3.63) is 144 Å². The lowest BCUT2D eigenvalue weighted by molar-refractivity contribution is -0.125. The SMILES string of the molecule is CCOC(OC)c1ccc2cccc(NC(=O)c3ccccc3)c2c1Oc1c(C(OC)OCC)ccc2cccc(NC(=O)c3ccccc3)c12. The van der Waals surface area contributed by atoms with Crippen LogP contribution in [0.25, 0.3) is 21.5 Å². The summed E-state index contributed by atoms with van der Waals surface area (Å²) < 4.78 is 31.0. The lowest BCUT2D eigenvalue weighted by atomic mass is 10.0. The summed E-state index contributed by atoms with van der Waals surface area (Å²) in [6.45, 7) is 4.51. The van der Waals surface area contributed by atoms with Gasteiger partial charge in [-0.15, -0.1) is 0 Å². The predicted molar refractivity (Wildman–Crippen MR) is 200 cm³/mol. The van der Waals surface area contributed by atoms with E-state index >= 15 is 0 Å². The van der Waals surface area contributed by atoms with Crippen LogP contribution in [0.3, 0.4) is 0 Å². The van der Waals surface area contributed by atoms with E-state index in [4.69, 9.17) is 23.7 Å². The molecule has 0 spiro atoms. The average Bonchev–Trinajstić information content (AvgIpc) is 3.17. The quantitative estimate of drug-likeness (QED) is 0.110. The van der Waals surface area contributed by atoms with Gasteiger partial charge in [-0.3, -0.25) is 9.59 Å². The lowest BCUT2D eigenvalue weighted by Crippen LogP contribution is -2.14. The van der Waals surface area contributed by atoms with Gasteiger partial charge in [0.2, 0.25) is 0 Å². The molecule has 6 rings (SSSR count). The van der Waals surface area contributed by atoms with Gasteiger partial charge in [-0.25, -0.2) is 0 Å². The number of amides is 2. The highest BCUT2D eigenvalue weighted by Crippen LogP contribution is 2.47. The molecule has 0 radical (unpaired) electrons. The molecule has 0 aliphatic heterocycles. The van der Waals surface area contributed by atoms with Crippen molar-refractivity contribution >= 4 is 44.7 Å². The van der Waals surface area contributed by atoms with Crippen LogP contribution in [-0.2, 0) is 18.9 Å². The van der Waals surface area contributed by atoms with Crippen LogP contribution in [0.15, 0.2) is 121 Å². The number of carbonyl (C=O) groups is 2. The average molecular weight is 685 g/mol. The smallest absolute Gasteiger partial charge is 0.255 e. The minimum atomic E-state index is -0.812. The minimum absolute atomic E-state index is 0.278. The standard InChI is InChI=1S/C42H40N2O7/c1-5-49-41(47-3)31-25-23-27-19-13-21-33(43-39(45)29-15-9-7-10-16-29)35(27)37(31)51-38-32(42(48-4)50-6-2)26-24-28-20-14-22-34(36(28)38)44-40(46)30-17-11-8-12-18-30/h7-26,41-42H,5-6H2,1-4H3,(H,43,45)(H,44,46). The number of ether oxygens (including phenoxy) is 5. The second-order valence-electron chi connectivity index (χ2n) is 11.6. The summed E-state index contributed by atoms with van der Waals surface area (Å²) in [4.78, 5) is 27.0. The molecule has 9 nitrogen and oxygen atoms in total. The summed E-state index contributed by atoms with van der Waals surface area (Å²) >= 11 is 0. The molecule has 2 N–H and O–H groups in total. The van der Waals surface area contributed by atoms with E-state index in [0.717, 1.165) is 10.8 Å². The fraction of sp³-hybridized carbons (Fsp3) is 0.190. The predicted octanol–water partition coefficient (Wildman–Crippen LogP) is 9.65. The highest BCUT2D eigenvalue weighted by molar-refractivity contribution is 6.12. The third-order valence-corrected chi connectivity index (χ3v) is 8.40. The van der Waals surface area contributed by atoms with Gasteiger partial charge in [0.15, 0.2) is 12.6 Å². The molecule has 0 fully saturated rings. The van der Waals surface area contributed by atoms with Crippen molar-refractivity contribution in [3.8, 4) is 11.5 Å². The Labute approximate surface area is 297 Å². The van der Waals surface area contributed by atoms with Crippen molar-refractivity contribution in [2.75, 3.05) is 38.1 Å². The van der Waals surface area contributed by atoms with E-state index in [1.165, 1.54) is 0 Å². The second-order valence-corrected chi connectivity index (χ2v) is 11.6. The summed E-state index contributed by atoms with van der Waals surface area (Å²) in [5, 5.41) is 9.06. The highest BCUT2D eigenvalue weighted by Gasteiger charge is 2.27. The fourth-order valence-electron chi connectivity index (χ4n) is 6.07. The first kappa shape index (κ1) is 35.3. The maximum atomic E-state index is 13.5. The minimum Gasteiger partial charge on any atom is -0.455 e. The number of hydrogen-bond donors (Lipinski definition) is 2. The Morgan fingerprint density at radius 1 is 0.529 bits per heavy atom. The van der Waals surface area contributed by atoms with Gasteiger partial charge in [-0.1, -0.05) is 72.8 Å². The molecule has 0 aromatic heterocycles. The van der Waals surface area contributed by atoms with E-state index in [2.05, 4.69) is 10.6 Å². The molecule has 0 bridgehead atoms. The van der Waals surface area contributed by atoms with Gasteiger partial charge in [-0.05, 0) is 73.2 Å². The van der Waals surface area contributed by atoms with Gasteiger partial charge >= 0.3 is 0 Å². The molecule has 260 valence electrons. The summed E-state index contributed by atoms with van der Waals surface area (Å²) in [5.41, 5.74) is 3.24. The second kappa shape index (κ2) is 16.4. The molecular formula is C42H40N2O7. The van der Waals surface area contributed by atoms with E-state index in [0.29, 0.717) is 69.1 Å². The number of carbonyl (C=O) groups excluding carboxylic acids is 2. The number of nitrogens with one attached hydrogen (secondary N) is 2. The Hall–Kier alpha value is -5.58. The Kier molecular flexibility index (Phi) is 11.3. The monoisotopic (exact) mass is 684 g/mol. The van der Waals surface area contributed by atoms with Crippen LogP contribution in [0.1, 0.15) is 58.3 Å². The molecule has 9 heteroatoms. The van der Waals surface area contributed by atoms with Gasteiger partial charge in [0, 0.05) is 49.3 Å². The van der Waals surface area contributed by atoms with E-state index in [-0.39, 0.29) is 11.8 Å². The summed E-state index contributed by atoms with van der Waals surface area (Å²) in [7, 11) is 3.13. The lowest BCUT2D eigenvalue weighted by Gasteiger charge is -2.26. The van der Waals surface area contributed by atoms with Crippen molar-refractivity contribution in [2.45, 2.75) is 26.4 Å². The molecule has 0 aliphatic rings. The maximum Gasteiger partial charge on any atom is 0.255 e. The molecule has 51 heavy (non-hydrogen) atoms.